The van der Waals surface area contributed by atoms with Gasteiger partial charge in [0, 0.05) is 14.1 Å². The molecule has 1 atom stereocenters. The van der Waals surface area contributed by atoms with Gasteiger partial charge in [0.25, 0.3) is 16.8 Å². The van der Waals surface area contributed by atoms with E-state index in [4.69, 9.17) is 0 Å². The summed E-state index contributed by atoms with van der Waals surface area (Å²) in [6.45, 7) is 3.65. The number of phenols is 1. The Labute approximate surface area is 178 Å². The molecule has 31 heavy (non-hydrogen) atoms. The normalized spacial score (nSPS) is 11.9. The summed E-state index contributed by atoms with van der Waals surface area (Å²) in [5.74, 6) is -1.11. The number of aromatic hydroxyl groups is 1. The molecule has 0 fully saturated rings. The van der Waals surface area contributed by atoms with E-state index in [-0.39, 0.29) is 34.2 Å². The molecule has 0 saturated heterocycles. The van der Waals surface area contributed by atoms with Gasteiger partial charge in [-0.15, -0.1) is 0 Å². The molecule has 3 rings (SSSR count). The van der Waals surface area contributed by atoms with E-state index >= 15 is 0 Å². The van der Waals surface area contributed by atoms with E-state index < -0.39 is 22.8 Å². The summed E-state index contributed by atoms with van der Waals surface area (Å²) in [5, 5.41) is 16.3. The van der Waals surface area contributed by atoms with Gasteiger partial charge in [-0.05, 0) is 48.7 Å². The number of halogens is 1. The molecule has 3 aromatic rings. The molecular formula is C23H24FN3O4. The topological polar surface area (TPSA) is 98.7 Å². The summed E-state index contributed by atoms with van der Waals surface area (Å²) in [4.78, 5) is 38.0. The maximum absolute atomic E-state index is 13.8. The number of nitrogens with one attached hydrogen (secondary N) is 2. The molecule has 0 bridgehead atoms. The van der Waals surface area contributed by atoms with E-state index in [1.165, 1.54) is 29.2 Å². The third-order valence-corrected chi connectivity index (χ3v) is 5.04. The molecule has 0 aliphatic rings. The predicted octanol–water partition coefficient (Wildman–Crippen LogP) is 3.44. The van der Waals surface area contributed by atoms with Gasteiger partial charge in [-0.25, -0.2) is 4.39 Å². The predicted molar refractivity (Wildman–Crippen MR) is 119 cm³/mol. The van der Waals surface area contributed by atoms with Crippen LogP contribution < -0.4 is 21.5 Å². The molecule has 162 valence electrons. The number of nitrogens with zero attached hydrogens (tertiary/aromatic N) is 1. The van der Waals surface area contributed by atoms with Crippen molar-refractivity contribution >= 4 is 23.0 Å². The fourth-order valence-electron chi connectivity index (χ4n) is 3.40. The number of phenolic OH excluding ortho intramolecular Hbond substituents is 1. The van der Waals surface area contributed by atoms with Gasteiger partial charge >= 0.3 is 0 Å². The first-order valence-electron chi connectivity index (χ1n) is 9.81. The minimum atomic E-state index is -0.739. The molecule has 0 saturated carbocycles. The highest BCUT2D eigenvalue weighted by Gasteiger charge is 2.25. The number of amides is 1. The van der Waals surface area contributed by atoms with Crippen LogP contribution in [0.3, 0.4) is 0 Å². The lowest BCUT2D eigenvalue weighted by atomic mass is 10.0. The van der Waals surface area contributed by atoms with Crippen LogP contribution in [0.5, 0.6) is 5.75 Å². The van der Waals surface area contributed by atoms with Crippen LogP contribution in [0.4, 0.5) is 21.5 Å². The number of para-hydroxylation sites is 1. The third kappa shape index (κ3) is 4.28. The molecule has 7 nitrogen and oxygen atoms in total. The number of carbonyl (C=O) groups excluding carboxylic acids is 1. The fraction of sp³-hybridized carbons (Fsp3) is 0.261. The smallest absolute Gasteiger partial charge is 0.257 e. The molecule has 0 unspecified atom stereocenters. The highest BCUT2D eigenvalue weighted by atomic mass is 19.1. The van der Waals surface area contributed by atoms with E-state index in [0.29, 0.717) is 12.0 Å². The monoisotopic (exact) mass is 425 g/mol. The van der Waals surface area contributed by atoms with E-state index in [1.807, 2.05) is 13.0 Å². The van der Waals surface area contributed by atoms with E-state index in [9.17, 15) is 23.9 Å². The number of anilines is 3. The summed E-state index contributed by atoms with van der Waals surface area (Å²) in [6.07, 6.45) is 0.541. The van der Waals surface area contributed by atoms with E-state index in [2.05, 4.69) is 10.6 Å². The molecule has 0 aliphatic carbocycles. The van der Waals surface area contributed by atoms with Gasteiger partial charge in [0.05, 0.1) is 17.3 Å². The second-order valence-corrected chi connectivity index (χ2v) is 7.60. The molecule has 0 aromatic heterocycles. The quantitative estimate of drug-likeness (QED) is 0.396. The lowest BCUT2D eigenvalue weighted by Crippen LogP contribution is -2.37. The first-order chi connectivity index (χ1) is 14.6. The average Bonchev–Trinajstić information content (AvgIpc) is 2.72. The van der Waals surface area contributed by atoms with Crippen LogP contribution in [0, 0.1) is 12.7 Å². The molecule has 8 heteroatoms. The molecule has 3 N–H and O–H groups in total. The van der Waals surface area contributed by atoms with Gasteiger partial charge < -0.3 is 20.6 Å². The van der Waals surface area contributed by atoms with Gasteiger partial charge in [0.15, 0.2) is 5.75 Å². The summed E-state index contributed by atoms with van der Waals surface area (Å²) in [6, 6.07) is 8.72. The standard InChI is InChI=1S/C23H24FN3O4/c1-5-16(13-9-12(2)10-14(24)11-13)25-18-19(22(30)21(18)29)26-17-8-6-7-15(20(17)28)23(31)27(3)4/h6-11,16,25-26,28H,5H2,1-4H3/t16-/m1/s1. The van der Waals surface area contributed by atoms with Crippen molar-refractivity contribution in [2.24, 2.45) is 0 Å². The van der Waals surface area contributed by atoms with Crippen molar-refractivity contribution in [3.05, 3.63) is 79.4 Å². The first-order valence-corrected chi connectivity index (χ1v) is 9.81. The molecular weight excluding hydrogens is 401 g/mol. The number of hydrogen-bond donors (Lipinski definition) is 3. The van der Waals surface area contributed by atoms with Crippen LogP contribution in [0.15, 0.2) is 46.0 Å². The number of benzene rings is 2. The Morgan fingerprint density at radius 2 is 1.81 bits per heavy atom. The van der Waals surface area contributed by atoms with Crippen molar-refractivity contribution in [1.29, 1.82) is 0 Å². The Morgan fingerprint density at radius 3 is 2.42 bits per heavy atom. The van der Waals surface area contributed by atoms with Crippen molar-refractivity contribution in [2.75, 3.05) is 24.7 Å². The summed E-state index contributed by atoms with van der Waals surface area (Å²) in [5.41, 5.74) is 0.183. The Kier molecular flexibility index (Phi) is 6.10. The number of hydrogen-bond acceptors (Lipinski definition) is 6. The maximum atomic E-state index is 13.8. The van der Waals surface area contributed by atoms with Crippen molar-refractivity contribution in [2.45, 2.75) is 26.3 Å². The van der Waals surface area contributed by atoms with Crippen LogP contribution in [-0.4, -0.2) is 30.0 Å². The van der Waals surface area contributed by atoms with Crippen molar-refractivity contribution in [1.82, 2.24) is 4.90 Å². The summed E-state index contributed by atoms with van der Waals surface area (Å²) < 4.78 is 13.8. The highest BCUT2D eigenvalue weighted by Crippen LogP contribution is 2.33. The van der Waals surface area contributed by atoms with Crippen LogP contribution >= 0.6 is 0 Å². The number of carbonyl (C=O) groups is 1. The number of aryl methyl sites for hydroxylation is 1. The second kappa shape index (κ2) is 8.59. The van der Waals surface area contributed by atoms with Crippen LogP contribution in [0.2, 0.25) is 0 Å². The van der Waals surface area contributed by atoms with Crippen LogP contribution in [0.25, 0.3) is 0 Å². The van der Waals surface area contributed by atoms with Crippen molar-refractivity contribution < 1.29 is 14.3 Å². The van der Waals surface area contributed by atoms with Gasteiger partial charge in [0.2, 0.25) is 0 Å². The SMILES string of the molecule is CC[C@@H](Nc1c(Nc2cccc(C(=O)N(C)C)c2O)c(=O)c1=O)c1cc(C)cc(F)c1. The minimum absolute atomic E-state index is 0.0127. The zero-order valence-corrected chi connectivity index (χ0v) is 17.7. The van der Waals surface area contributed by atoms with Crippen molar-refractivity contribution in [3.63, 3.8) is 0 Å². The van der Waals surface area contributed by atoms with Gasteiger partial charge in [-0.3, -0.25) is 14.4 Å². The molecule has 0 radical (unpaired) electrons. The Bertz CT molecular complexity index is 1190. The third-order valence-electron chi connectivity index (χ3n) is 5.04. The minimum Gasteiger partial charge on any atom is -0.505 e. The maximum Gasteiger partial charge on any atom is 0.257 e. The largest absolute Gasteiger partial charge is 0.505 e. The lowest BCUT2D eigenvalue weighted by Gasteiger charge is -2.23. The molecule has 1 amide bonds. The van der Waals surface area contributed by atoms with E-state index in [1.54, 1.807) is 27.1 Å². The molecule has 0 heterocycles. The van der Waals surface area contributed by atoms with Gasteiger partial charge in [-0.1, -0.05) is 19.1 Å². The lowest BCUT2D eigenvalue weighted by molar-refractivity contribution is 0.0824. The number of rotatable bonds is 7. The Hall–Kier alpha value is -3.68. The fourth-order valence-corrected chi connectivity index (χ4v) is 3.40. The zero-order valence-electron chi connectivity index (χ0n) is 17.7. The summed E-state index contributed by atoms with van der Waals surface area (Å²) in [7, 11) is 3.11. The molecule has 3 aromatic carbocycles. The molecule has 0 aliphatic heterocycles. The Morgan fingerprint density at radius 1 is 1.13 bits per heavy atom. The van der Waals surface area contributed by atoms with Crippen LogP contribution in [-0.2, 0) is 0 Å². The van der Waals surface area contributed by atoms with Crippen molar-refractivity contribution in [3.8, 4) is 5.75 Å². The van der Waals surface area contributed by atoms with E-state index in [0.717, 1.165) is 5.56 Å². The zero-order chi connectivity index (χ0) is 22.9. The molecule has 0 spiro atoms. The average molecular weight is 425 g/mol. The highest BCUT2D eigenvalue weighted by molar-refractivity contribution is 5.99. The first kappa shape index (κ1) is 22.0. The van der Waals surface area contributed by atoms with Gasteiger partial charge in [-0.2, -0.15) is 0 Å². The van der Waals surface area contributed by atoms with Crippen LogP contribution in [0.1, 0.15) is 40.9 Å². The summed E-state index contributed by atoms with van der Waals surface area (Å²) >= 11 is 0. The Balaban J connectivity index is 1.92. The second-order valence-electron chi connectivity index (χ2n) is 7.60. The van der Waals surface area contributed by atoms with Gasteiger partial charge in [0.1, 0.15) is 17.2 Å².